The molecule has 2 atom stereocenters. The summed E-state index contributed by atoms with van der Waals surface area (Å²) in [7, 11) is 0. The van der Waals surface area contributed by atoms with Crippen LogP contribution in [0.4, 0.5) is 0 Å². The number of nitrogens with two attached hydrogens (primary N) is 1. The van der Waals surface area contributed by atoms with Crippen LogP contribution in [-0.4, -0.2) is 29.1 Å². The topological polar surface area (TPSA) is 29.3 Å². The van der Waals surface area contributed by atoms with E-state index in [0.717, 1.165) is 24.0 Å². The highest BCUT2D eigenvalue weighted by molar-refractivity contribution is 4.97. The van der Waals surface area contributed by atoms with Gasteiger partial charge in [0.15, 0.2) is 0 Å². The standard InChI is InChI=1S/C15H28N2/c1-11-5-7-13(8-6-11)17-14-3-2-4-15(17)10-12(16)9-14/h11-15H,2-10,16H2,1H3. The van der Waals surface area contributed by atoms with Crippen LogP contribution in [0.25, 0.3) is 0 Å². The summed E-state index contributed by atoms with van der Waals surface area (Å²) in [5.74, 6) is 0.970. The van der Waals surface area contributed by atoms with Crippen molar-refractivity contribution in [3.63, 3.8) is 0 Å². The van der Waals surface area contributed by atoms with E-state index in [1.165, 1.54) is 57.8 Å². The average Bonchev–Trinajstić information content (AvgIpc) is 2.29. The molecule has 2 aliphatic heterocycles. The molecule has 3 aliphatic rings. The van der Waals surface area contributed by atoms with Crippen LogP contribution in [0, 0.1) is 5.92 Å². The van der Waals surface area contributed by atoms with E-state index in [1.807, 2.05) is 0 Å². The summed E-state index contributed by atoms with van der Waals surface area (Å²) >= 11 is 0. The first-order valence-electron chi connectivity index (χ1n) is 7.77. The van der Waals surface area contributed by atoms with Crippen LogP contribution in [-0.2, 0) is 0 Å². The average molecular weight is 236 g/mol. The van der Waals surface area contributed by atoms with Gasteiger partial charge in [-0.1, -0.05) is 13.3 Å². The molecule has 2 nitrogen and oxygen atoms in total. The second-order valence-electron chi connectivity index (χ2n) is 6.83. The van der Waals surface area contributed by atoms with Crippen molar-refractivity contribution in [1.82, 2.24) is 4.90 Å². The summed E-state index contributed by atoms with van der Waals surface area (Å²) in [6, 6.07) is 3.05. The molecule has 2 saturated heterocycles. The molecule has 0 aromatic heterocycles. The number of piperidine rings is 2. The van der Waals surface area contributed by atoms with E-state index in [0.29, 0.717) is 6.04 Å². The molecule has 0 aromatic carbocycles. The fraction of sp³-hybridized carbons (Fsp3) is 1.00. The van der Waals surface area contributed by atoms with E-state index in [1.54, 1.807) is 0 Å². The molecule has 0 aromatic rings. The van der Waals surface area contributed by atoms with E-state index >= 15 is 0 Å². The van der Waals surface area contributed by atoms with Gasteiger partial charge in [-0.05, 0) is 57.3 Å². The molecule has 2 bridgehead atoms. The fourth-order valence-corrected chi connectivity index (χ4v) is 4.60. The Balaban J connectivity index is 1.69. The van der Waals surface area contributed by atoms with Gasteiger partial charge in [-0.25, -0.2) is 0 Å². The van der Waals surface area contributed by atoms with Crippen molar-refractivity contribution >= 4 is 0 Å². The third kappa shape index (κ3) is 2.39. The first kappa shape index (κ1) is 12.0. The van der Waals surface area contributed by atoms with Crippen molar-refractivity contribution in [1.29, 1.82) is 0 Å². The first-order valence-corrected chi connectivity index (χ1v) is 7.77. The zero-order valence-electron chi connectivity index (χ0n) is 11.3. The third-order valence-electron chi connectivity index (χ3n) is 5.47. The maximum atomic E-state index is 6.21. The molecule has 0 spiro atoms. The maximum absolute atomic E-state index is 6.21. The Bertz CT molecular complexity index is 244. The third-order valence-corrected chi connectivity index (χ3v) is 5.47. The summed E-state index contributed by atoms with van der Waals surface area (Å²) in [6.07, 6.45) is 12.6. The molecule has 2 N–H and O–H groups in total. The molecule has 17 heavy (non-hydrogen) atoms. The summed E-state index contributed by atoms with van der Waals surface area (Å²) in [5, 5.41) is 0. The molecule has 1 aliphatic carbocycles. The first-order chi connectivity index (χ1) is 8.24. The Labute approximate surface area is 106 Å². The summed E-state index contributed by atoms with van der Waals surface area (Å²) < 4.78 is 0. The van der Waals surface area contributed by atoms with Gasteiger partial charge in [-0.3, -0.25) is 4.90 Å². The Morgan fingerprint density at radius 3 is 2.00 bits per heavy atom. The SMILES string of the molecule is CC1CCC(N2C3CCCC2CC(N)C3)CC1. The van der Waals surface area contributed by atoms with Gasteiger partial charge >= 0.3 is 0 Å². The van der Waals surface area contributed by atoms with Gasteiger partial charge in [0.05, 0.1) is 0 Å². The lowest BCUT2D eigenvalue weighted by Crippen LogP contribution is -2.59. The van der Waals surface area contributed by atoms with Crippen molar-refractivity contribution in [2.24, 2.45) is 11.7 Å². The monoisotopic (exact) mass is 236 g/mol. The minimum Gasteiger partial charge on any atom is -0.328 e. The lowest BCUT2D eigenvalue weighted by Gasteiger charge is -2.53. The van der Waals surface area contributed by atoms with Gasteiger partial charge in [0.25, 0.3) is 0 Å². The molecular weight excluding hydrogens is 208 g/mol. The van der Waals surface area contributed by atoms with Crippen LogP contribution in [0.1, 0.15) is 64.7 Å². The molecule has 1 saturated carbocycles. The second kappa shape index (κ2) is 4.89. The molecule has 3 fully saturated rings. The van der Waals surface area contributed by atoms with Crippen LogP contribution in [0.5, 0.6) is 0 Å². The van der Waals surface area contributed by atoms with Gasteiger partial charge in [-0.15, -0.1) is 0 Å². The van der Waals surface area contributed by atoms with Crippen LogP contribution in [0.2, 0.25) is 0 Å². The summed E-state index contributed by atoms with van der Waals surface area (Å²) in [6.45, 7) is 2.42. The van der Waals surface area contributed by atoms with Gasteiger partial charge in [0, 0.05) is 24.2 Å². The van der Waals surface area contributed by atoms with E-state index in [-0.39, 0.29) is 0 Å². The molecule has 0 radical (unpaired) electrons. The summed E-state index contributed by atoms with van der Waals surface area (Å²) in [5.41, 5.74) is 6.21. The lowest BCUT2D eigenvalue weighted by atomic mass is 9.77. The van der Waals surface area contributed by atoms with Crippen LogP contribution >= 0.6 is 0 Å². The van der Waals surface area contributed by atoms with Gasteiger partial charge in [0.2, 0.25) is 0 Å². The molecule has 2 unspecified atom stereocenters. The highest BCUT2D eigenvalue weighted by Gasteiger charge is 2.41. The van der Waals surface area contributed by atoms with Gasteiger partial charge < -0.3 is 5.73 Å². The number of nitrogens with zero attached hydrogens (tertiary/aromatic N) is 1. The van der Waals surface area contributed by atoms with Crippen molar-refractivity contribution in [3.8, 4) is 0 Å². The lowest BCUT2D eigenvalue weighted by molar-refractivity contribution is -0.0210. The zero-order valence-corrected chi connectivity index (χ0v) is 11.3. The molecule has 98 valence electrons. The minimum atomic E-state index is 0.490. The van der Waals surface area contributed by atoms with Crippen molar-refractivity contribution in [3.05, 3.63) is 0 Å². The highest BCUT2D eigenvalue weighted by atomic mass is 15.2. The van der Waals surface area contributed by atoms with E-state index in [4.69, 9.17) is 5.73 Å². The summed E-state index contributed by atoms with van der Waals surface area (Å²) in [4.78, 5) is 2.92. The smallest absolute Gasteiger partial charge is 0.0116 e. The number of fused-ring (bicyclic) bond motifs is 2. The predicted octanol–water partition coefficient (Wildman–Crippen LogP) is 2.91. The Morgan fingerprint density at radius 1 is 0.824 bits per heavy atom. The molecule has 3 rings (SSSR count). The van der Waals surface area contributed by atoms with Crippen molar-refractivity contribution in [2.75, 3.05) is 0 Å². The van der Waals surface area contributed by atoms with E-state index < -0.39 is 0 Å². The van der Waals surface area contributed by atoms with Gasteiger partial charge in [0.1, 0.15) is 0 Å². The quantitative estimate of drug-likeness (QED) is 0.758. The minimum absolute atomic E-state index is 0.490. The Kier molecular flexibility index (Phi) is 3.45. The molecular formula is C15H28N2. The molecule has 2 heterocycles. The predicted molar refractivity (Wildman–Crippen MR) is 71.9 cm³/mol. The van der Waals surface area contributed by atoms with E-state index in [9.17, 15) is 0 Å². The zero-order chi connectivity index (χ0) is 11.8. The van der Waals surface area contributed by atoms with Crippen LogP contribution < -0.4 is 5.73 Å². The second-order valence-corrected chi connectivity index (χ2v) is 6.83. The molecule has 2 heteroatoms. The molecule has 0 amide bonds. The normalized spacial score (nSPS) is 48.0. The largest absolute Gasteiger partial charge is 0.328 e. The van der Waals surface area contributed by atoms with Crippen molar-refractivity contribution in [2.45, 2.75) is 88.9 Å². The Morgan fingerprint density at radius 2 is 1.41 bits per heavy atom. The van der Waals surface area contributed by atoms with Crippen LogP contribution in [0.15, 0.2) is 0 Å². The number of hydrogen-bond acceptors (Lipinski definition) is 2. The van der Waals surface area contributed by atoms with E-state index in [2.05, 4.69) is 11.8 Å². The highest BCUT2D eigenvalue weighted by Crippen LogP contribution is 2.39. The Hall–Kier alpha value is -0.0800. The number of hydrogen-bond donors (Lipinski definition) is 1. The van der Waals surface area contributed by atoms with Crippen molar-refractivity contribution < 1.29 is 0 Å². The fourth-order valence-electron chi connectivity index (χ4n) is 4.60. The van der Waals surface area contributed by atoms with Gasteiger partial charge in [-0.2, -0.15) is 0 Å². The maximum Gasteiger partial charge on any atom is 0.0116 e. The number of rotatable bonds is 1. The van der Waals surface area contributed by atoms with Crippen LogP contribution in [0.3, 0.4) is 0 Å².